The van der Waals surface area contributed by atoms with Crippen LogP contribution in [0, 0.1) is 11.8 Å². The van der Waals surface area contributed by atoms with Gasteiger partial charge in [-0.3, -0.25) is 4.79 Å². The van der Waals surface area contributed by atoms with E-state index in [1.54, 1.807) is 11.8 Å². The van der Waals surface area contributed by atoms with Gasteiger partial charge in [0.15, 0.2) is 0 Å². The van der Waals surface area contributed by atoms with Crippen LogP contribution in [0.5, 0.6) is 0 Å². The zero-order chi connectivity index (χ0) is 15.7. The summed E-state index contributed by atoms with van der Waals surface area (Å²) in [5.41, 5.74) is 1.47. The summed E-state index contributed by atoms with van der Waals surface area (Å²) in [6.07, 6.45) is 3.45. The zero-order valence-corrected chi connectivity index (χ0v) is 13.7. The summed E-state index contributed by atoms with van der Waals surface area (Å²) in [5.74, 6) is 6.80. The van der Waals surface area contributed by atoms with Crippen LogP contribution >= 0.6 is 11.8 Å². The first-order chi connectivity index (χ1) is 10.1. The molecule has 0 fully saturated rings. The van der Waals surface area contributed by atoms with E-state index in [0.29, 0.717) is 12.0 Å². The van der Waals surface area contributed by atoms with Crippen molar-refractivity contribution >= 4 is 17.7 Å². The van der Waals surface area contributed by atoms with Gasteiger partial charge in [-0.2, -0.15) is 11.8 Å². The van der Waals surface area contributed by atoms with Gasteiger partial charge in [0.05, 0.1) is 6.61 Å². The summed E-state index contributed by atoms with van der Waals surface area (Å²) in [4.78, 5) is 14.3. The normalized spacial score (nSPS) is 11.4. The maximum Gasteiger partial charge on any atom is 0.253 e. The number of aliphatic hydroxyl groups excluding tert-OH is 1. The van der Waals surface area contributed by atoms with Crippen molar-refractivity contribution in [3.8, 4) is 11.8 Å². The van der Waals surface area contributed by atoms with E-state index in [4.69, 9.17) is 5.11 Å². The van der Waals surface area contributed by atoms with Crippen LogP contribution in [0.1, 0.15) is 35.7 Å². The third-order valence-electron chi connectivity index (χ3n) is 3.28. The van der Waals surface area contributed by atoms with E-state index in [9.17, 15) is 4.79 Å². The van der Waals surface area contributed by atoms with Gasteiger partial charge in [0, 0.05) is 36.4 Å². The summed E-state index contributed by atoms with van der Waals surface area (Å²) in [6, 6.07) is 7.60. The lowest BCUT2D eigenvalue weighted by molar-refractivity contribution is 0.0743. The lowest BCUT2D eigenvalue weighted by Gasteiger charge is -2.26. The number of hydrogen-bond acceptors (Lipinski definition) is 3. The molecule has 21 heavy (non-hydrogen) atoms. The molecule has 0 saturated heterocycles. The average molecular weight is 305 g/mol. The fraction of sp³-hybridized carbons (Fsp3) is 0.471. The first-order valence-corrected chi connectivity index (χ1v) is 8.49. The van der Waals surface area contributed by atoms with E-state index in [0.717, 1.165) is 17.7 Å². The van der Waals surface area contributed by atoms with E-state index in [-0.39, 0.29) is 18.6 Å². The summed E-state index contributed by atoms with van der Waals surface area (Å²) >= 11 is 1.75. The molecule has 0 aliphatic carbocycles. The minimum atomic E-state index is 0.0294. The Labute approximate surface area is 131 Å². The van der Waals surface area contributed by atoms with Crippen LogP contribution in [0.4, 0.5) is 0 Å². The average Bonchev–Trinajstić information content (AvgIpc) is 2.52. The van der Waals surface area contributed by atoms with E-state index < -0.39 is 0 Å². The van der Waals surface area contributed by atoms with Gasteiger partial charge in [-0.15, -0.1) is 0 Å². The van der Waals surface area contributed by atoms with Gasteiger partial charge in [0.1, 0.15) is 0 Å². The van der Waals surface area contributed by atoms with Crippen LogP contribution in [0.15, 0.2) is 24.3 Å². The molecule has 1 N–H and O–H groups in total. The largest absolute Gasteiger partial charge is 0.395 e. The highest BCUT2D eigenvalue weighted by atomic mass is 32.2. The molecule has 1 unspecified atom stereocenters. The Hall–Kier alpha value is -1.44. The second-order valence-electron chi connectivity index (χ2n) is 4.79. The van der Waals surface area contributed by atoms with Crippen molar-refractivity contribution in [2.75, 3.05) is 25.7 Å². The summed E-state index contributed by atoms with van der Waals surface area (Å²) in [5, 5.41) is 8.73. The number of carbonyl (C=O) groups is 1. The standard InChI is InChI=1S/C17H23NO2S/c1-4-16(13-21-3)18(2)17(20)15-10-7-9-14(12-15)8-5-6-11-19/h7,9-10,12,16,19H,4,6,11,13H2,1-3H3. The molecule has 0 radical (unpaired) electrons. The van der Waals surface area contributed by atoms with Crippen LogP contribution in [0.2, 0.25) is 0 Å². The topological polar surface area (TPSA) is 40.5 Å². The number of benzene rings is 1. The molecule has 4 heteroatoms. The number of carbonyl (C=O) groups excluding carboxylic acids is 1. The molecule has 1 rings (SSSR count). The van der Waals surface area contributed by atoms with Gasteiger partial charge in [-0.1, -0.05) is 24.8 Å². The molecule has 1 aromatic rings. The van der Waals surface area contributed by atoms with Gasteiger partial charge < -0.3 is 10.0 Å². The van der Waals surface area contributed by atoms with E-state index in [1.165, 1.54) is 0 Å². The summed E-state index contributed by atoms with van der Waals surface area (Å²) in [7, 11) is 1.86. The number of rotatable bonds is 6. The maximum atomic E-state index is 12.5. The molecule has 114 valence electrons. The van der Waals surface area contributed by atoms with Gasteiger partial charge >= 0.3 is 0 Å². The SMILES string of the molecule is CCC(CSC)N(C)C(=O)c1cccc(C#CCCO)c1. The van der Waals surface area contributed by atoms with Crippen LogP contribution in [-0.4, -0.2) is 47.6 Å². The van der Waals surface area contributed by atoms with Crippen molar-refractivity contribution in [2.45, 2.75) is 25.8 Å². The molecule has 0 aliphatic rings. The third kappa shape index (κ3) is 5.45. The molecule has 0 bridgehead atoms. The smallest absolute Gasteiger partial charge is 0.253 e. The number of aliphatic hydroxyl groups is 1. The molecule has 0 spiro atoms. The predicted octanol–water partition coefficient (Wildman–Crippen LogP) is 2.63. The summed E-state index contributed by atoms with van der Waals surface area (Å²) in [6.45, 7) is 2.16. The fourth-order valence-corrected chi connectivity index (χ4v) is 2.86. The first kappa shape index (κ1) is 17.6. The van der Waals surface area contributed by atoms with Crippen molar-refractivity contribution in [3.05, 3.63) is 35.4 Å². The second kappa shape index (κ2) is 9.49. The molecule has 1 aromatic carbocycles. The number of amides is 1. The Morgan fingerprint density at radius 3 is 2.86 bits per heavy atom. The molecule has 0 heterocycles. The lowest BCUT2D eigenvalue weighted by atomic mass is 10.1. The van der Waals surface area contributed by atoms with Crippen LogP contribution in [-0.2, 0) is 0 Å². The predicted molar refractivity (Wildman–Crippen MR) is 89.6 cm³/mol. The molecule has 1 amide bonds. The Balaban J connectivity index is 2.87. The van der Waals surface area contributed by atoms with Crippen molar-refractivity contribution < 1.29 is 9.90 Å². The van der Waals surface area contributed by atoms with Crippen molar-refractivity contribution in [3.63, 3.8) is 0 Å². The highest BCUT2D eigenvalue weighted by Crippen LogP contribution is 2.13. The molecule has 1 atom stereocenters. The van der Waals surface area contributed by atoms with Crippen LogP contribution in [0.3, 0.4) is 0 Å². The maximum absolute atomic E-state index is 12.5. The van der Waals surface area contributed by atoms with E-state index in [1.807, 2.05) is 36.2 Å². The quantitative estimate of drug-likeness (QED) is 0.821. The Kier molecular flexibility index (Phi) is 7.96. The Bertz CT molecular complexity index is 519. The second-order valence-corrected chi connectivity index (χ2v) is 5.70. The van der Waals surface area contributed by atoms with Gasteiger partial charge in [0.25, 0.3) is 5.91 Å². The first-order valence-electron chi connectivity index (χ1n) is 7.09. The van der Waals surface area contributed by atoms with Gasteiger partial charge in [0.2, 0.25) is 0 Å². The van der Waals surface area contributed by atoms with Crippen molar-refractivity contribution in [1.29, 1.82) is 0 Å². The van der Waals surface area contributed by atoms with E-state index in [2.05, 4.69) is 25.0 Å². The van der Waals surface area contributed by atoms with Crippen molar-refractivity contribution in [2.24, 2.45) is 0 Å². The van der Waals surface area contributed by atoms with Crippen LogP contribution in [0.25, 0.3) is 0 Å². The molecule has 0 saturated carbocycles. The van der Waals surface area contributed by atoms with E-state index >= 15 is 0 Å². The van der Waals surface area contributed by atoms with Crippen molar-refractivity contribution in [1.82, 2.24) is 4.90 Å². The number of thioether (sulfide) groups is 1. The fourth-order valence-electron chi connectivity index (χ4n) is 2.02. The van der Waals surface area contributed by atoms with Gasteiger partial charge in [-0.05, 0) is 30.9 Å². The molecular weight excluding hydrogens is 282 g/mol. The van der Waals surface area contributed by atoms with Gasteiger partial charge in [-0.25, -0.2) is 0 Å². The molecule has 0 aromatic heterocycles. The molecule has 0 aliphatic heterocycles. The monoisotopic (exact) mass is 305 g/mol. The number of nitrogens with zero attached hydrogens (tertiary/aromatic N) is 1. The highest BCUT2D eigenvalue weighted by Gasteiger charge is 2.19. The molecule has 3 nitrogen and oxygen atoms in total. The molecular formula is C17H23NO2S. The highest BCUT2D eigenvalue weighted by molar-refractivity contribution is 7.98. The Morgan fingerprint density at radius 1 is 1.48 bits per heavy atom. The minimum absolute atomic E-state index is 0.0294. The number of hydrogen-bond donors (Lipinski definition) is 1. The van der Waals surface area contributed by atoms with Crippen LogP contribution < -0.4 is 0 Å². The zero-order valence-electron chi connectivity index (χ0n) is 12.9. The third-order valence-corrected chi connectivity index (χ3v) is 4.00. The minimum Gasteiger partial charge on any atom is -0.395 e. The summed E-state index contributed by atoms with van der Waals surface area (Å²) < 4.78 is 0. The lowest BCUT2D eigenvalue weighted by Crippen LogP contribution is -2.38. The Morgan fingerprint density at radius 2 is 2.24 bits per heavy atom.